The summed E-state index contributed by atoms with van der Waals surface area (Å²) in [6, 6.07) is 8.49. The van der Waals surface area contributed by atoms with Crippen molar-refractivity contribution >= 4 is 0 Å². The van der Waals surface area contributed by atoms with Crippen LogP contribution in [0.15, 0.2) is 24.3 Å². The lowest BCUT2D eigenvalue weighted by Crippen LogP contribution is -2.36. The van der Waals surface area contributed by atoms with Gasteiger partial charge in [0.05, 0.1) is 6.61 Å². The molecular formula is C17H28N2O. The molecule has 2 rings (SSSR count). The number of benzene rings is 1. The van der Waals surface area contributed by atoms with Gasteiger partial charge in [-0.3, -0.25) is 0 Å². The lowest BCUT2D eigenvalue weighted by molar-refractivity contribution is 0.210. The van der Waals surface area contributed by atoms with Crippen molar-refractivity contribution in [2.45, 2.75) is 33.2 Å². The van der Waals surface area contributed by atoms with Gasteiger partial charge < -0.3 is 15.4 Å². The Labute approximate surface area is 123 Å². The Kier molecular flexibility index (Phi) is 5.06. The average molecular weight is 276 g/mol. The van der Waals surface area contributed by atoms with Crippen LogP contribution in [0.1, 0.15) is 32.3 Å². The zero-order valence-corrected chi connectivity index (χ0v) is 13.1. The molecule has 1 aliphatic rings. The second kappa shape index (κ2) is 6.59. The minimum Gasteiger partial charge on any atom is -0.493 e. The van der Waals surface area contributed by atoms with E-state index in [9.17, 15) is 0 Å². The molecule has 0 spiro atoms. The molecule has 0 aliphatic heterocycles. The van der Waals surface area contributed by atoms with Crippen LogP contribution >= 0.6 is 0 Å². The summed E-state index contributed by atoms with van der Waals surface area (Å²) in [5.41, 5.74) is 7.27. The number of hydrogen-bond donors (Lipinski definition) is 1. The van der Waals surface area contributed by atoms with Gasteiger partial charge in [-0.2, -0.15) is 0 Å². The molecule has 0 aromatic heterocycles. The second-order valence-electron chi connectivity index (χ2n) is 6.94. The first-order chi connectivity index (χ1) is 9.48. The van der Waals surface area contributed by atoms with Crippen molar-refractivity contribution in [1.82, 2.24) is 4.90 Å². The molecule has 1 aromatic carbocycles. The minimum absolute atomic E-state index is 0.169. The van der Waals surface area contributed by atoms with Crippen LogP contribution < -0.4 is 10.5 Å². The molecule has 1 fully saturated rings. The average Bonchev–Trinajstić information content (AvgIpc) is 3.21. The van der Waals surface area contributed by atoms with Crippen LogP contribution in [0.25, 0.3) is 0 Å². The van der Waals surface area contributed by atoms with Gasteiger partial charge >= 0.3 is 0 Å². The van der Waals surface area contributed by atoms with E-state index >= 15 is 0 Å². The fourth-order valence-corrected chi connectivity index (χ4v) is 2.35. The van der Waals surface area contributed by atoms with Crippen molar-refractivity contribution in [1.29, 1.82) is 0 Å². The Bertz CT molecular complexity index is 410. The van der Waals surface area contributed by atoms with Crippen LogP contribution in [0.3, 0.4) is 0 Å². The first-order valence-electron chi connectivity index (χ1n) is 7.59. The van der Waals surface area contributed by atoms with Gasteiger partial charge in [0.25, 0.3) is 0 Å². The molecule has 0 heterocycles. The van der Waals surface area contributed by atoms with Crippen LogP contribution in [-0.4, -0.2) is 31.6 Å². The zero-order chi connectivity index (χ0) is 14.6. The van der Waals surface area contributed by atoms with Crippen LogP contribution in [-0.2, 0) is 6.54 Å². The van der Waals surface area contributed by atoms with E-state index in [0.29, 0.717) is 6.54 Å². The quantitative estimate of drug-likeness (QED) is 0.793. The van der Waals surface area contributed by atoms with Gasteiger partial charge in [0.15, 0.2) is 0 Å². The van der Waals surface area contributed by atoms with Gasteiger partial charge in [0.1, 0.15) is 5.75 Å². The Morgan fingerprint density at radius 1 is 1.25 bits per heavy atom. The third-order valence-electron chi connectivity index (χ3n) is 3.81. The number of nitrogens with two attached hydrogens (primary N) is 1. The maximum Gasteiger partial charge on any atom is 0.119 e. The molecule has 0 atom stereocenters. The first kappa shape index (κ1) is 15.3. The van der Waals surface area contributed by atoms with Gasteiger partial charge in [0.2, 0.25) is 0 Å². The number of hydrogen-bond acceptors (Lipinski definition) is 3. The maximum absolute atomic E-state index is 5.79. The van der Waals surface area contributed by atoms with Crippen molar-refractivity contribution in [3.05, 3.63) is 29.8 Å². The maximum atomic E-state index is 5.79. The summed E-state index contributed by atoms with van der Waals surface area (Å²) in [4.78, 5) is 2.33. The molecule has 3 heteroatoms. The lowest BCUT2D eigenvalue weighted by Gasteiger charge is -2.29. The van der Waals surface area contributed by atoms with E-state index in [0.717, 1.165) is 31.4 Å². The highest BCUT2D eigenvalue weighted by Gasteiger charge is 2.22. The predicted molar refractivity (Wildman–Crippen MR) is 83.8 cm³/mol. The van der Waals surface area contributed by atoms with E-state index < -0.39 is 0 Å². The van der Waals surface area contributed by atoms with Crippen molar-refractivity contribution in [2.24, 2.45) is 17.1 Å². The molecule has 20 heavy (non-hydrogen) atoms. The van der Waals surface area contributed by atoms with Gasteiger partial charge in [-0.25, -0.2) is 0 Å². The van der Waals surface area contributed by atoms with E-state index in [4.69, 9.17) is 10.5 Å². The van der Waals surface area contributed by atoms with Crippen LogP contribution in [0.2, 0.25) is 0 Å². The molecule has 0 unspecified atom stereocenters. The molecule has 2 N–H and O–H groups in total. The van der Waals surface area contributed by atoms with Crippen LogP contribution in [0.5, 0.6) is 5.75 Å². The summed E-state index contributed by atoms with van der Waals surface area (Å²) in [7, 11) is 2.15. The normalized spacial score (nSPS) is 15.7. The minimum atomic E-state index is 0.169. The highest BCUT2D eigenvalue weighted by atomic mass is 16.5. The van der Waals surface area contributed by atoms with E-state index in [1.54, 1.807) is 0 Å². The lowest BCUT2D eigenvalue weighted by atomic mass is 9.93. The van der Waals surface area contributed by atoms with E-state index in [1.165, 1.54) is 18.4 Å². The van der Waals surface area contributed by atoms with Crippen LogP contribution in [0.4, 0.5) is 0 Å². The van der Waals surface area contributed by atoms with Gasteiger partial charge in [-0.1, -0.05) is 26.0 Å². The molecule has 0 saturated heterocycles. The summed E-state index contributed by atoms with van der Waals surface area (Å²) in [5, 5.41) is 0. The molecule has 112 valence electrons. The molecule has 1 aliphatic carbocycles. The second-order valence-corrected chi connectivity index (χ2v) is 6.94. The molecule has 0 amide bonds. The molecule has 0 radical (unpaired) electrons. The smallest absolute Gasteiger partial charge is 0.119 e. The number of rotatable bonds is 8. The van der Waals surface area contributed by atoms with Gasteiger partial charge in [-0.15, -0.1) is 0 Å². The summed E-state index contributed by atoms with van der Waals surface area (Å²) in [5.74, 6) is 1.80. The number of nitrogens with zero attached hydrogens (tertiary/aromatic N) is 1. The van der Waals surface area contributed by atoms with Crippen molar-refractivity contribution < 1.29 is 4.74 Å². The van der Waals surface area contributed by atoms with Gasteiger partial charge in [-0.05, 0) is 55.5 Å². The van der Waals surface area contributed by atoms with E-state index in [1.807, 2.05) is 0 Å². The first-order valence-corrected chi connectivity index (χ1v) is 7.59. The summed E-state index contributed by atoms with van der Waals surface area (Å²) in [6.07, 6.45) is 2.67. The highest BCUT2D eigenvalue weighted by Crippen LogP contribution is 2.29. The Morgan fingerprint density at radius 3 is 2.45 bits per heavy atom. The summed E-state index contributed by atoms with van der Waals surface area (Å²) in [6.45, 7) is 7.96. The van der Waals surface area contributed by atoms with Gasteiger partial charge in [0, 0.05) is 13.1 Å². The Hall–Kier alpha value is -1.06. The molecule has 3 nitrogen and oxygen atoms in total. The summed E-state index contributed by atoms with van der Waals surface area (Å²) < 4.78 is 5.76. The Balaban J connectivity index is 1.79. The van der Waals surface area contributed by atoms with Crippen molar-refractivity contribution in [3.8, 4) is 5.75 Å². The molecule has 1 aromatic rings. The monoisotopic (exact) mass is 276 g/mol. The number of ether oxygens (including phenoxy) is 1. The topological polar surface area (TPSA) is 38.5 Å². The fourth-order valence-electron chi connectivity index (χ4n) is 2.35. The molecular weight excluding hydrogens is 248 g/mol. The van der Waals surface area contributed by atoms with Crippen molar-refractivity contribution in [3.63, 3.8) is 0 Å². The third-order valence-corrected chi connectivity index (χ3v) is 3.81. The van der Waals surface area contributed by atoms with Crippen molar-refractivity contribution in [2.75, 3.05) is 26.7 Å². The van der Waals surface area contributed by atoms with E-state index in [2.05, 4.69) is 50.1 Å². The Morgan fingerprint density at radius 2 is 1.90 bits per heavy atom. The SMILES string of the molecule is CN(Cc1ccc(OCC2CC2)cc1)CC(C)(C)CN. The largest absolute Gasteiger partial charge is 0.493 e. The summed E-state index contributed by atoms with van der Waals surface area (Å²) >= 11 is 0. The molecule has 1 saturated carbocycles. The molecule has 0 bridgehead atoms. The zero-order valence-electron chi connectivity index (χ0n) is 13.1. The van der Waals surface area contributed by atoms with E-state index in [-0.39, 0.29) is 5.41 Å². The fraction of sp³-hybridized carbons (Fsp3) is 0.647. The highest BCUT2D eigenvalue weighted by molar-refractivity contribution is 5.27. The van der Waals surface area contributed by atoms with Crippen LogP contribution in [0, 0.1) is 11.3 Å². The standard InChI is InChI=1S/C17H28N2O/c1-17(2,12-18)13-19(3)10-14-6-8-16(9-7-14)20-11-15-4-5-15/h6-9,15H,4-5,10-13,18H2,1-3H3. The predicted octanol–water partition coefficient (Wildman–Crippen LogP) is 2.89. The third kappa shape index (κ3) is 5.14.